The molecule has 0 aromatic carbocycles. The normalized spacial score (nSPS) is 20.9. The van der Waals surface area contributed by atoms with Crippen molar-refractivity contribution in [1.82, 2.24) is 15.2 Å². The van der Waals surface area contributed by atoms with E-state index in [1.807, 2.05) is 19.9 Å². The summed E-state index contributed by atoms with van der Waals surface area (Å²) in [6.07, 6.45) is 2.25. The predicted octanol–water partition coefficient (Wildman–Crippen LogP) is 1.73. The van der Waals surface area contributed by atoms with Crippen molar-refractivity contribution in [3.63, 3.8) is 0 Å². The molecule has 2 amide bonds. The molecule has 1 saturated heterocycles. The van der Waals surface area contributed by atoms with E-state index in [2.05, 4.69) is 10.3 Å². The number of urea groups is 1. The monoisotopic (exact) mass is 321 g/mol. The maximum absolute atomic E-state index is 12.3. The Labute approximate surface area is 135 Å². The van der Waals surface area contributed by atoms with Gasteiger partial charge in [0.25, 0.3) is 0 Å². The quantitative estimate of drug-likeness (QED) is 0.862. The number of nitrogens with one attached hydrogen (secondary N) is 1. The van der Waals surface area contributed by atoms with Crippen LogP contribution in [0, 0.1) is 11.8 Å². The Kier molecular flexibility index (Phi) is 5.78. The van der Waals surface area contributed by atoms with Crippen LogP contribution < -0.4 is 10.1 Å². The summed E-state index contributed by atoms with van der Waals surface area (Å²) in [5.41, 5.74) is 0.794. The lowest BCUT2D eigenvalue weighted by Crippen LogP contribution is -2.49. The first kappa shape index (κ1) is 17.1. The van der Waals surface area contributed by atoms with Crippen molar-refractivity contribution in [2.75, 3.05) is 19.7 Å². The van der Waals surface area contributed by atoms with Gasteiger partial charge in [-0.1, -0.05) is 13.0 Å². The lowest BCUT2D eigenvalue weighted by molar-refractivity contribution is -0.143. The highest BCUT2D eigenvalue weighted by atomic mass is 16.5. The van der Waals surface area contributed by atoms with Gasteiger partial charge < -0.3 is 20.1 Å². The third-order valence-corrected chi connectivity index (χ3v) is 3.86. The molecule has 1 fully saturated rings. The van der Waals surface area contributed by atoms with Crippen LogP contribution in [0.25, 0.3) is 0 Å². The lowest BCUT2D eigenvalue weighted by atomic mass is 9.91. The zero-order valence-electron chi connectivity index (χ0n) is 13.5. The van der Waals surface area contributed by atoms with Crippen molar-refractivity contribution < 1.29 is 19.4 Å². The molecule has 2 N–H and O–H groups in total. The van der Waals surface area contributed by atoms with Gasteiger partial charge in [-0.15, -0.1) is 0 Å². The molecule has 0 saturated carbocycles. The molecule has 2 atom stereocenters. The number of hydrogen-bond donors (Lipinski definition) is 2. The van der Waals surface area contributed by atoms with Crippen LogP contribution in [0.2, 0.25) is 0 Å². The van der Waals surface area contributed by atoms with Crippen molar-refractivity contribution in [3.8, 4) is 5.88 Å². The molecule has 2 rings (SSSR count). The van der Waals surface area contributed by atoms with E-state index in [1.54, 1.807) is 17.2 Å². The number of aliphatic carboxylic acids is 1. The highest BCUT2D eigenvalue weighted by Gasteiger charge is 2.31. The van der Waals surface area contributed by atoms with Crippen LogP contribution in [0.3, 0.4) is 0 Å². The van der Waals surface area contributed by atoms with Gasteiger partial charge in [-0.25, -0.2) is 9.78 Å². The van der Waals surface area contributed by atoms with Gasteiger partial charge in [0.15, 0.2) is 0 Å². The van der Waals surface area contributed by atoms with Crippen LogP contribution in [0.15, 0.2) is 18.3 Å². The molecule has 1 aliphatic rings. The zero-order chi connectivity index (χ0) is 16.8. The molecule has 0 spiro atoms. The summed E-state index contributed by atoms with van der Waals surface area (Å²) in [5, 5.41) is 12.0. The molecule has 0 bridgehead atoms. The van der Waals surface area contributed by atoms with E-state index in [9.17, 15) is 14.7 Å². The Bertz CT molecular complexity index is 564. The second-order valence-corrected chi connectivity index (χ2v) is 5.84. The van der Waals surface area contributed by atoms with Crippen LogP contribution in [-0.4, -0.2) is 46.7 Å². The zero-order valence-corrected chi connectivity index (χ0v) is 13.5. The summed E-state index contributed by atoms with van der Waals surface area (Å²) in [6, 6.07) is 3.37. The number of carboxylic acid groups (broad SMARTS) is 1. The van der Waals surface area contributed by atoms with E-state index in [4.69, 9.17) is 4.74 Å². The number of rotatable bonds is 5. The fourth-order valence-corrected chi connectivity index (χ4v) is 2.80. The molecule has 23 heavy (non-hydrogen) atoms. The van der Waals surface area contributed by atoms with Gasteiger partial charge in [-0.3, -0.25) is 4.79 Å². The highest BCUT2D eigenvalue weighted by Crippen LogP contribution is 2.22. The first-order valence-corrected chi connectivity index (χ1v) is 7.83. The summed E-state index contributed by atoms with van der Waals surface area (Å²) in [4.78, 5) is 29.2. The fourth-order valence-electron chi connectivity index (χ4n) is 2.80. The molecular formula is C16H23N3O4. The summed E-state index contributed by atoms with van der Waals surface area (Å²) < 4.78 is 5.43. The number of hydrogen-bond acceptors (Lipinski definition) is 4. The molecule has 7 nitrogen and oxygen atoms in total. The topological polar surface area (TPSA) is 91.8 Å². The molecule has 2 heterocycles. The summed E-state index contributed by atoms with van der Waals surface area (Å²) in [7, 11) is 0. The number of carboxylic acids is 1. The SMILES string of the molecule is CCOc1ncccc1CNC(=O)N1CC(C)CC(C(=O)O)C1. The van der Waals surface area contributed by atoms with Crippen LogP contribution in [0.1, 0.15) is 25.8 Å². The van der Waals surface area contributed by atoms with E-state index >= 15 is 0 Å². The van der Waals surface area contributed by atoms with E-state index in [0.29, 0.717) is 32.0 Å². The number of ether oxygens (including phenoxy) is 1. The number of carbonyl (C=O) groups is 2. The minimum atomic E-state index is -0.847. The first-order chi connectivity index (χ1) is 11.0. The van der Waals surface area contributed by atoms with E-state index < -0.39 is 11.9 Å². The summed E-state index contributed by atoms with van der Waals surface area (Å²) in [6.45, 7) is 5.45. The van der Waals surface area contributed by atoms with Crippen molar-refractivity contribution in [3.05, 3.63) is 23.9 Å². The maximum atomic E-state index is 12.3. The minimum absolute atomic E-state index is 0.174. The minimum Gasteiger partial charge on any atom is -0.481 e. The lowest BCUT2D eigenvalue weighted by Gasteiger charge is -2.34. The molecule has 1 aromatic rings. The Hall–Kier alpha value is -2.31. The third kappa shape index (κ3) is 4.58. The second kappa shape index (κ2) is 7.80. The van der Waals surface area contributed by atoms with Gasteiger partial charge in [-0.2, -0.15) is 0 Å². The third-order valence-electron chi connectivity index (χ3n) is 3.86. The van der Waals surface area contributed by atoms with Crippen LogP contribution in [0.5, 0.6) is 5.88 Å². The van der Waals surface area contributed by atoms with E-state index in [0.717, 1.165) is 5.56 Å². The average Bonchev–Trinajstić information content (AvgIpc) is 2.53. The number of aromatic nitrogens is 1. The van der Waals surface area contributed by atoms with Gasteiger partial charge >= 0.3 is 12.0 Å². The molecule has 1 aliphatic heterocycles. The average molecular weight is 321 g/mol. The van der Waals surface area contributed by atoms with E-state index in [1.165, 1.54) is 0 Å². The molecular weight excluding hydrogens is 298 g/mol. The van der Waals surface area contributed by atoms with Crippen LogP contribution in [-0.2, 0) is 11.3 Å². The van der Waals surface area contributed by atoms with Crippen molar-refractivity contribution in [2.24, 2.45) is 11.8 Å². The molecule has 126 valence electrons. The van der Waals surface area contributed by atoms with Gasteiger partial charge in [0.1, 0.15) is 0 Å². The Morgan fingerprint density at radius 1 is 1.48 bits per heavy atom. The molecule has 1 aromatic heterocycles. The van der Waals surface area contributed by atoms with Crippen molar-refractivity contribution in [2.45, 2.75) is 26.8 Å². The van der Waals surface area contributed by atoms with Crippen LogP contribution in [0.4, 0.5) is 4.79 Å². The number of carbonyl (C=O) groups excluding carboxylic acids is 1. The first-order valence-electron chi connectivity index (χ1n) is 7.83. The largest absolute Gasteiger partial charge is 0.481 e. The number of pyridine rings is 1. The second-order valence-electron chi connectivity index (χ2n) is 5.84. The molecule has 0 radical (unpaired) electrons. The van der Waals surface area contributed by atoms with Gasteiger partial charge in [-0.05, 0) is 25.3 Å². The van der Waals surface area contributed by atoms with Gasteiger partial charge in [0.05, 0.1) is 12.5 Å². The number of amides is 2. The fraction of sp³-hybridized carbons (Fsp3) is 0.562. The Morgan fingerprint density at radius 2 is 2.26 bits per heavy atom. The van der Waals surface area contributed by atoms with Crippen molar-refractivity contribution >= 4 is 12.0 Å². The molecule has 2 unspecified atom stereocenters. The number of nitrogens with zero attached hydrogens (tertiary/aromatic N) is 2. The number of piperidine rings is 1. The van der Waals surface area contributed by atoms with E-state index in [-0.39, 0.29) is 18.5 Å². The Morgan fingerprint density at radius 3 is 2.96 bits per heavy atom. The van der Waals surface area contributed by atoms with Gasteiger partial charge in [0, 0.05) is 31.4 Å². The Balaban J connectivity index is 1.95. The predicted molar refractivity (Wildman–Crippen MR) is 84.1 cm³/mol. The maximum Gasteiger partial charge on any atom is 0.317 e. The number of likely N-dealkylation sites (tertiary alicyclic amines) is 1. The van der Waals surface area contributed by atoms with Crippen LogP contribution >= 0.6 is 0 Å². The highest BCUT2D eigenvalue weighted by molar-refractivity contribution is 5.76. The summed E-state index contributed by atoms with van der Waals surface area (Å²) in [5.74, 6) is -0.666. The molecule has 0 aliphatic carbocycles. The molecule has 7 heteroatoms. The summed E-state index contributed by atoms with van der Waals surface area (Å²) >= 11 is 0. The van der Waals surface area contributed by atoms with Gasteiger partial charge in [0.2, 0.25) is 5.88 Å². The smallest absolute Gasteiger partial charge is 0.317 e. The standard InChI is InChI=1S/C16H23N3O4/c1-3-23-14-12(5-4-6-17-14)8-18-16(22)19-9-11(2)7-13(10-19)15(20)21/h4-6,11,13H,3,7-10H2,1-2H3,(H,18,22)(H,20,21). The van der Waals surface area contributed by atoms with Crippen molar-refractivity contribution in [1.29, 1.82) is 0 Å².